The van der Waals surface area contributed by atoms with Gasteiger partial charge in [0.05, 0.1) is 29.9 Å². The lowest BCUT2D eigenvalue weighted by atomic mass is 9.76. The molecule has 1 saturated heterocycles. The van der Waals surface area contributed by atoms with Gasteiger partial charge in [0, 0.05) is 31.4 Å². The number of aromatic nitrogens is 4. The summed E-state index contributed by atoms with van der Waals surface area (Å²) in [6.45, 7) is 14.6. The molecule has 1 unspecified atom stereocenters. The first-order chi connectivity index (χ1) is 17.5. The van der Waals surface area contributed by atoms with Crippen molar-refractivity contribution in [1.29, 1.82) is 0 Å². The summed E-state index contributed by atoms with van der Waals surface area (Å²) in [6.07, 6.45) is 10.4. The van der Waals surface area contributed by atoms with Gasteiger partial charge >= 0.3 is 0 Å². The normalized spacial score (nSPS) is 22.5. The van der Waals surface area contributed by atoms with Crippen LogP contribution in [0.5, 0.6) is 0 Å². The highest BCUT2D eigenvalue weighted by molar-refractivity contribution is 7.85. The van der Waals surface area contributed by atoms with Crippen molar-refractivity contribution < 1.29 is 8.63 Å². The minimum Gasteiger partial charge on any atom is -0.414 e. The van der Waals surface area contributed by atoms with Gasteiger partial charge in [-0.1, -0.05) is 32.4 Å². The van der Waals surface area contributed by atoms with Gasteiger partial charge in [-0.05, 0) is 50.2 Å². The van der Waals surface area contributed by atoms with Gasteiger partial charge in [0.1, 0.15) is 22.4 Å². The van der Waals surface area contributed by atoms with Crippen LogP contribution in [0.2, 0.25) is 23.2 Å². The minimum absolute atomic E-state index is 0.0641. The van der Waals surface area contributed by atoms with Crippen molar-refractivity contribution in [3.63, 3.8) is 0 Å². The Bertz CT molecular complexity index is 1150. The lowest BCUT2D eigenvalue weighted by Gasteiger charge is -2.53. The molecule has 202 valence electrons. The van der Waals surface area contributed by atoms with E-state index < -0.39 is 19.1 Å². The highest BCUT2D eigenvalue weighted by Crippen LogP contribution is 2.45. The smallest absolute Gasteiger partial charge is 0.227 e. The summed E-state index contributed by atoms with van der Waals surface area (Å²) in [6, 6.07) is 0. The maximum absolute atomic E-state index is 13.0. The molecule has 1 saturated carbocycles. The van der Waals surface area contributed by atoms with E-state index in [1.807, 2.05) is 6.20 Å². The average molecular weight is 564 g/mol. The number of thiol groups is 1. The van der Waals surface area contributed by atoms with Crippen LogP contribution >= 0.6 is 11.6 Å². The highest BCUT2D eigenvalue weighted by atomic mass is 35.5. The molecule has 4 heterocycles. The van der Waals surface area contributed by atoms with Gasteiger partial charge in [-0.3, -0.25) is 0 Å². The third-order valence-electron chi connectivity index (χ3n) is 8.94. The summed E-state index contributed by atoms with van der Waals surface area (Å²) in [5.41, 5.74) is -0.0641. The van der Waals surface area contributed by atoms with E-state index in [-0.39, 0.29) is 10.6 Å². The number of anilines is 2. The summed E-state index contributed by atoms with van der Waals surface area (Å²) in [5.74, 6) is 3.40. The second-order valence-corrected chi connectivity index (χ2v) is 19.2. The number of fused-ring (bicyclic) bond motifs is 1. The molecule has 0 spiro atoms. The number of piperidine rings is 1. The van der Waals surface area contributed by atoms with Crippen LogP contribution in [-0.2, 0) is 19.4 Å². The van der Waals surface area contributed by atoms with Crippen LogP contribution in [0.3, 0.4) is 0 Å². The third-order valence-corrected chi connectivity index (χ3v) is 15.1. The van der Waals surface area contributed by atoms with Crippen molar-refractivity contribution in [2.75, 3.05) is 41.8 Å². The Hall–Kier alpha value is -1.62. The van der Waals surface area contributed by atoms with Crippen molar-refractivity contribution in [3.8, 4) is 0 Å². The quantitative estimate of drug-likeness (QED) is 0.272. The Balaban J connectivity index is 1.35. The van der Waals surface area contributed by atoms with Gasteiger partial charge in [0.15, 0.2) is 14.1 Å². The van der Waals surface area contributed by atoms with Gasteiger partial charge in [0.25, 0.3) is 0 Å². The van der Waals surface area contributed by atoms with Crippen LogP contribution < -0.4 is 9.80 Å². The number of rotatable bonds is 6. The molecule has 0 bridgehead atoms. The van der Waals surface area contributed by atoms with Crippen molar-refractivity contribution in [2.24, 2.45) is 0 Å². The second-order valence-electron chi connectivity index (χ2n) is 12.3. The van der Waals surface area contributed by atoms with Crippen LogP contribution in [0.4, 0.5) is 11.8 Å². The maximum atomic E-state index is 13.0. The molecule has 5 rings (SSSR count). The number of hydrogen-bond acceptors (Lipinski definition) is 8. The molecule has 0 aromatic carbocycles. The Morgan fingerprint density at radius 2 is 1.78 bits per heavy atom. The SMILES string of the molecule is CC(C)(C)[Si](C)(C)OCC1(N2CC[SH+](=O)c3cnc(N4CCC(c5ncc(Cl)cn5)CC4)nc32)CCC1. The van der Waals surface area contributed by atoms with Crippen LogP contribution in [0.15, 0.2) is 23.5 Å². The van der Waals surface area contributed by atoms with E-state index >= 15 is 0 Å². The van der Waals surface area contributed by atoms with Gasteiger partial charge in [-0.25, -0.2) is 15.0 Å². The predicted molar refractivity (Wildman–Crippen MR) is 153 cm³/mol. The molecule has 2 aliphatic heterocycles. The molecule has 0 amide bonds. The molecule has 2 aromatic heterocycles. The van der Waals surface area contributed by atoms with Crippen LogP contribution in [0.25, 0.3) is 0 Å². The van der Waals surface area contributed by atoms with Crippen molar-refractivity contribution in [2.45, 2.75) is 87.4 Å². The van der Waals surface area contributed by atoms with Gasteiger partial charge in [-0.2, -0.15) is 4.98 Å². The van der Waals surface area contributed by atoms with E-state index in [9.17, 15) is 4.21 Å². The fraction of sp³-hybridized carbons (Fsp3) is 0.692. The molecule has 11 heteroatoms. The number of hydrogen-bond donors (Lipinski definition) is 0. The van der Waals surface area contributed by atoms with Crippen LogP contribution in [-0.4, -0.2) is 65.8 Å². The summed E-state index contributed by atoms with van der Waals surface area (Å²) >= 11 is 5.96. The van der Waals surface area contributed by atoms with Crippen molar-refractivity contribution >= 4 is 42.5 Å². The Labute approximate surface area is 229 Å². The van der Waals surface area contributed by atoms with Gasteiger partial charge < -0.3 is 14.2 Å². The second kappa shape index (κ2) is 10.2. The molecular weight excluding hydrogens is 524 g/mol. The zero-order valence-corrected chi connectivity index (χ0v) is 25.4. The van der Waals surface area contributed by atoms with Gasteiger partial charge in [0.2, 0.25) is 10.8 Å². The first-order valence-corrected chi connectivity index (χ1v) is 18.2. The molecule has 1 atom stereocenters. The molecule has 0 N–H and O–H groups in total. The van der Waals surface area contributed by atoms with E-state index in [1.54, 1.807) is 12.4 Å². The summed E-state index contributed by atoms with van der Waals surface area (Å²) in [4.78, 5) is 24.1. The predicted octanol–water partition coefficient (Wildman–Crippen LogP) is 5.12. The Kier molecular flexibility index (Phi) is 7.41. The van der Waals surface area contributed by atoms with E-state index in [0.717, 1.165) is 67.8 Å². The first kappa shape index (κ1) is 27.0. The third kappa shape index (κ3) is 5.31. The molecule has 1 aliphatic carbocycles. The van der Waals surface area contributed by atoms with E-state index in [2.05, 4.69) is 58.6 Å². The number of nitrogens with zero attached hydrogens (tertiary/aromatic N) is 6. The van der Waals surface area contributed by atoms with E-state index in [0.29, 0.717) is 23.3 Å². The first-order valence-electron chi connectivity index (χ1n) is 13.4. The van der Waals surface area contributed by atoms with E-state index in [4.69, 9.17) is 21.0 Å². The van der Waals surface area contributed by atoms with E-state index in [1.165, 1.54) is 6.42 Å². The Morgan fingerprint density at radius 1 is 1.11 bits per heavy atom. The lowest BCUT2D eigenvalue weighted by Crippen LogP contribution is -2.61. The summed E-state index contributed by atoms with van der Waals surface area (Å²) in [5, 5.41) is 0.727. The van der Waals surface area contributed by atoms with Crippen LogP contribution in [0, 0.1) is 0 Å². The standard InChI is InChI=1S/C26H39ClN6O2SSi/c1-25(2,3)37(4,5)35-18-26(9-6-10-26)33-13-14-36(34)21-17-30-24(31-23(21)33)32-11-7-19(8-12-32)22-28-15-20(27)16-29-22/h15-17,19H,6-14,18H2,1-5H3/p+1. The molecule has 2 aromatic rings. The lowest BCUT2D eigenvalue weighted by molar-refractivity contribution is 0.120. The molecule has 2 fully saturated rings. The molecule has 0 radical (unpaired) electrons. The molecular formula is C26H40ClN6O2SSi+. The van der Waals surface area contributed by atoms with Crippen molar-refractivity contribution in [3.05, 3.63) is 29.4 Å². The van der Waals surface area contributed by atoms with Crippen molar-refractivity contribution in [1.82, 2.24) is 19.9 Å². The van der Waals surface area contributed by atoms with Crippen LogP contribution in [0.1, 0.15) is 64.6 Å². The topological polar surface area (TPSA) is 84.3 Å². The fourth-order valence-electron chi connectivity index (χ4n) is 5.24. The zero-order chi connectivity index (χ0) is 26.4. The fourth-order valence-corrected chi connectivity index (χ4v) is 7.61. The summed E-state index contributed by atoms with van der Waals surface area (Å²) in [7, 11) is -3.36. The summed E-state index contributed by atoms with van der Waals surface area (Å²) < 4.78 is 19.8. The monoisotopic (exact) mass is 563 g/mol. The maximum Gasteiger partial charge on any atom is 0.227 e. The average Bonchev–Trinajstić information content (AvgIpc) is 2.84. The molecule has 8 nitrogen and oxygen atoms in total. The highest BCUT2D eigenvalue weighted by Gasteiger charge is 2.49. The largest absolute Gasteiger partial charge is 0.414 e. The number of halogens is 1. The minimum atomic E-state index is -1.88. The molecule has 3 aliphatic rings. The Morgan fingerprint density at radius 3 is 2.38 bits per heavy atom. The van der Waals surface area contributed by atoms with Gasteiger partial charge in [-0.15, -0.1) is 4.21 Å². The zero-order valence-electron chi connectivity index (χ0n) is 22.7. The molecule has 37 heavy (non-hydrogen) atoms.